The third kappa shape index (κ3) is 4.56. The van der Waals surface area contributed by atoms with Gasteiger partial charge in [-0.05, 0) is 61.9 Å². The zero-order chi connectivity index (χ0) is 24.0. The predicted octanol–water partition coefficient (Wildman–Crippen LogP) is 4.57. The number of carbonyl (C=O) groups excluding carboxylic acids is 2. The second kappa shape index (κ2) is 8.93. The standard InChI is InChI=1S/C27H34N4O2S/c1-17-5-8-23(24(32)28-17)31-14-20-13-19(6-7-22(20)25(31)33)18-9-11-30(12-10-18)15-21-16-34-26(29-21)27(2,3)4/h6-7,13,16,18,23H,1,5,8-12,14-15H2,2-4H3,(H,28,32). The van der Waals surface area contributed by atoms with E-state index in [1.165, 1.54) is 16.3 Å². The zero-order valence-corrected chi connectivity index (χ0v) is 21.2. The average molecular weight is 479 g/mol. The molecule has 1 unspecified atom stereocenters. The molecule has 7 heteroatoms. The number of allylic oxidation sites excluding steroid dienone is 1. The van der Waals surface area contributed by atoms with Gasteiger partial charge in [0.2, 0.25) is 5.91 Å². The van der Waals surface area contributed by atoms with Crippen LogP contribution in [0.5, 0.6) is 0 Å². The van der Waals surface area contributed by atoms with Gasteiger partial charge >= 0.3 is 0 Å². The van der Waals surface area contributed by atoms with Gasteiger partial charge in [-0.25, -0.2) is 4.98 Å². The molecule has 0 aliphatic carbocycles. The number of carbonyl (C=O) groups is 2. The molecule has 2 fully saturated rings. The highest BCUT2D eigenvalue weighted by Crippen LogP contribution is 2.34. The summed E-state index contributed by atoms with van der Waals surface area (Å²) in [6, 6.07) is 5.91. The van der Waals surface area contributed by atoms with Crippen LogP contribution in [0.25, 0.3) is 0 Å². The van der Waals surface area contributed by atoms with Crippen molar-refractivity contribution in [3.05, 3.63) is 63.2 Å². The van der Waals surface area contributed by atoms with E-state index >= 15 is 0 Å². The molecule has 0 radical (unpaired) electrons. The number of rotatable bonds is 4. The Balaban J connectivity index is 1.20. The topological polar surface area (TPSA) is 65.5 Å². The normalized spacial score (nSPS) is 22.3. The van der Waals surface area contributed by atoms with E-state index in [0.29, 0.717) is 18.9 Å². The Kier molecular flexibility index (Phi) is 6.10. The molecule has 4 heterocycles. The molecule has 2 aromatic rings. The Bertz CT molecular complexity index is 1120. The zero-order valence-electron chi connectivity index (χ0n) is 20.4. The van der Waals surface area contributed by atoms with Gasteiger partial charge in [-0.1, -0.05) is 39.5 Å². The van der Waals surface area contributed by atoms with Gasteiger partial charge in [-0.3, -0.25) is 14.5 Å². The molecule has 1 aromatic carbocycles. The van der Waals surface area contributed by atoms with Crippen LogP contribution in [-0.2, 0) is 23.3 Å². The van der Waals surface area contributed by atoms with Crippen molar-refractivity contribution in [2.75, 3.05) is 13.1 Å². The summed E-state index contributed by atoms with van der Waals surface area (Å²) in [5.74, 6) is 0.370. The minimum atomic E-state index is -0.401. The van der Waals surface area contributed by atoms with Gasteiger partial charge in [0.1, 0.15) is 6.04 Å². The number of nitrogens with one attached hydrogen (secondary N) is 1. The summed E-state index contributed by atoms with van der Waals surface area (Å²) in [6.07, 6.45) is 3.59. The van der Waals surface area contributed by atoms with Gasteiger partial charge in [0, 0.05) is 35.1 Å². The molecule has 0 bridgehead atoms. The van der Waals surface area contributed by atoms with E-state index in [1.807, 2.05) is 6.07 Å². The minimum absolute atomic E-state index is 0.0260. The van der Waals surface area contributed by atoms with Crippen LogP contribution in [0.15, 0.2) is 35.9 Å². The smallest absolute Gasteiger partial charge is 0.255 e. The number of benzene rings is 1. The van der Waals surface area contributed by atoms with E-state index in [4.69, 9.17) is 4.98 Å². The molecule has 0 spiro atoms. The van der Waals surface area contributed by atoms with Crippen LogP contribution in [0.1, 0.15) is 84.6 Å². The first kappa shape index (κ1) is 23.2. The van der Waals surface area contributed by atoms with Crippen molar-refractivity contribution in [3.63, 3.8) is 0 Å². The lowest BCUT2D eigenvalue weighted by atomic mass is 9.88. The molecule has 3 aliphatic rings. The summed E-state index contributed by atoms with van der Waals surface area (Å²) in [6.45, 7) is 14.0. The molecule has 6 nitrogen and oxygen atoms in total. The van der Waals surface area contributed by atoms with E-state index in [1.54, 1.807) is 16.2 Å². The fourth-order valence-electron chi connectivity index (χ4n) is 5.31. The summed E-state index contributed by atoms with van der Waals surface area (Å²) in [5, 5.41) is 6.22. The van der Waals surface area contributed by atoms with Crippen molar-refractivity contribution in [2.45, 2.75) is 76.9 Å². The van der Waals surface area contributed by atoms with E-state index in [2.05, 4.69) is 55.1 Å². The highest BCUT2D eigenvalue weighted by atomic mass is 32.1. The molecule has 2 amide bonds. The molecular formula is C27H34N4O2S. The quantitative estimate of drug-likeness (QED) is 0.699. The fourth-order valence-corrected chi connectivity index (χ4v) is 6.20. The van der Waals surface area contributed by atoms with Crippen molar-refractivity contribution in [1.29, 1.82) is 0 Å². The third-order valence-corrected chi connectivity index (χ3v) is 8.61. The largest absolute Gasteiger partial charge is 0.329 e. The molecular weight excluding hydrogens is 444 g/mol. The summed E-state index contributed by atoms with van der Waals surface area (Å²) in [5.41, 5.74) is 5.15. The van der Waals surface area contributed by atoms with Crippen LogP contribution < -0.4 is 5.32 Å². The highest BCUT2D eigenvalue weighted by molar-refractivity contribution is 7.09. The monoisotopic (exact) mass is 478 g/mol. The fraction of sp³-hybridized carbons (Fsp3) is 0.519. The number of fused-ring (bicyclic) bond motifs is 1. The third-order valence-electron chi connectivity index (χ3n) is 7.30. The lowest BCUT2D eigenvalue weighted by molar-refractivity contribution is -0.126. The molecule has 1 atom stereocenters. The molecule has 1 N–H and O–H groups in total. The SMILES string of the molecule is C=C1CCC(N2Cc3cc(C4CCN(Cc5csc(C(C)(C)C)n5)CC4)ccc3C2=O)C(=O)N1. The van der Waals surface area contributed by atoms with Crippen LogP contribution in [0.3, 0.4) is 0 Å². The number of aromatic nitrogens is 1. The van der Waals surface area contributed by atoms with E-state index < -0.39 is 6.04 Å². The predicted molar refractivity (Wildman–Crippen MR) is 135 cm³/mol. The van der Waals surface area contributed by atoms with E-state index in [-0.39, 0.29) is 17.2 Å². The summed E-state index contributed by atoms with van der Waals surface area (Å²) < 4.78 is 0. The van der Waals surface area contributed by atoms with Crippen molar-refractivity contribution in [2.24, 2.45) is 0 Å². The first-order valence-corrected chi connectivity index (χ1v) is 13.2. The molecule has 1 aromatic heterocycles. The maximum absolute atomic E-state index is 13.0. The maximum atomic E-state index is 13.0. The number of likely N-dealkylation sites (tertiary alicyclic amines) is 1. The van der Waals surface area contributed by atoms with Crippen LogP contribution in [0.4, 0.5) is 0 Å². The molecule has 3 aliphatic heterocycles. The van der Waals surface area contributed by atoms with E-state index in [0.717, 1.165) is 55.7 Å². The number of hydrogen-bond donors (Lipinski definition) is 1. The van der Waals surface area contributed by atoms with Crippen LogP contribution in [-0.4, -0.2) is 45.7 Å². The Labute approximate surface area is 206 Å². The Morgan fingerprint density at radius 1 is 1.18 bits per heavy atom. The summed E-state index contributed by atoms with van der Waals surface area (Å²) in [4.78, 5) is 34.5. The molecule has 180 valence electrons. The first-order chi connectivity index (χ1) is 16.2. The lowest BCUT2D eigenvalue weighted by Crippen LogP contribution is -2.49. The molecule has 5 rings (SSSR count). The number of nitrogens with zero attached hydrogens (tertiary/aromatic N) is 3. The van der Waals surface area contributed by atoms with Crippen LogP contribution in [0, 0.1) is 0 Å². The second-order valence-electron chi connectivity index (χ2n) is 10.9. The molecule has 34 heavy (non-hydrogen) atoms. The Hall–Kier alpha value is -2.51. The van der Waals surface area contributed by atoms with Crippen molar-refractivity contribution in [3.8, 4) is 0 Å². The van der Waals surface area contributed by atoms with Crippen molar-refractivity contribution >= 4 is 23.2 Å². The van der Waals surface area contributed by atoms with Gasteiger partial charge in [0.15, 0.2) is 0 Å². The van der Waals surface area contributed by atoms with E-state index in [9.17, 15) is 9.59 Å². The van der Waals surface area contributed by atoms with Crippen molar-refractivity contribution in [1.82, 2.24) is 20.1 Å². The van der Waals surface area contributed by atoms with Crippen LogP contribution >= 0.6 is 11.3 Å². The van der Waals surface area contributed by atoms with Gasteiger partial charge in [-0.15, -0.1) is 11.3 Å². The number of piperidine rings is 2. The van der Waals surface area contributed by atoms with Gasteiger partial charge < -0.3 is 10.2 Å². The van der Waals surface area contributed by atoms with Gasteiger partial charge in [0.05, 0.1) is 10.7 Å². The number of hydrogen-bond acceptors (Lipinski definition) is 5. The first-order valence-electron chi connectivity index (χ1n) is 12.3. The van der Waals surface area contributed by atoms with Gasteiger partial charge in [0.25, 0.3) is 5.91 Å². The summed E-state index contributed by atoms with van der Waals surface area (Å²) in [7, 11) is 0. The lowest BCUT2D eigenvalue weighted by Gasteiger charge is -2.32. The van der Waals surface area contributed by atoms with Gasteiger partial charge in [-0.2, -0.15) is 0 Å². The number of thiazole rings is 1. The van der Waals surface area contributed by atoms with Crippen molar-refractivity contribution < 1.29 is 9.59 Å². The average Bonchev–Trinajstić information content (AvgIpc) is 3.39. The Morgan fingerprint density at radius 2 is 1.94 bits per heavy atom. The molecule has 2 saturated heterocycles. The molecule has 0 saturated carbocycles. The number of amides is 2. The highest BCUT2D eigenvalue weighted by Gasteiger charge is 2.38. The Morgan fingerprint density at radius 3 is 2.62 bits per heavy atom. The minimum Gasteiger partial charge on any atom is -0.329 e. The summed E-state index contributed by atoms with van der Waals surface area (Å²) >= 11 is 1.77. The maximum Gasteiger partial charge on any atom is 0.255 e. The van der Waals surface area contributed by atoms with Crippen LogP contribution in [0.2, 0.25) is 0 Å². The second-order valence-corrected chi connectivity index (χ2v) is 11.8.